The summed E-state index contributed by atoms with van der Waals surface area (Å²) >= 11 is 0. The Hall–Kier alpha value is -2.86. The lowest BCUT2D eigenvalue weighted by Crippen LogP contribution is -2.47. The number of carbonyl (C=O) groups excluding carboxylic acids is 1. The minimum Gasteiger partial charge on any atom is -0.369 e. The molecule has 2 aromatic carbocycles. The Balaban J connectivity index is 1.30. The summed E-state index contributed by atoms with van der Waals surface area (Å²) in [5.74, 6) is -0.594. The molecule has 1 amide bonds. The first-order valence-electron chi connectivity index (χ1n) is 10.3. The van der Waals surface area contributed by atoms with Crippen molar-refractivity contribution in [2.45, 2.75) is 25.8 Å². The molecule has 1 saturated carbocycles. The molecular formula is C23H25FN4O. The van der Waals surface area contributed by atoms with Crippen LogP contribution in [-0.4, -0.2) is 48.0 Å². The number of benzene rings is 2. The number of aromatic nitrogens is 1. The topological polar surface area (TPSA) is 51.4 Å². The molecule has 150 valence electrons. The summed E-state index contributed by atoms with van der Waals surface area (Å²) in [6.45, 7) is 6.11. The van der Waals surface area contributed by atoms with Gasteiger partial charge in [0.05, 0.1) is 5.52 Å². The highest BCUT2D eigenvalue weighted by molar-refractivity contribution is 6.06. The molecule has 1 aliphatic heterocycles. The van der Waals surface area contributed by atoms with Gasteiger partial charge in [-0.15, -0.1) is 0 Å². The lowest BCUT2D eigenvalue weighted by molar-refractivity contribution is 0.102. The van der Waals surface area contributed by atoms with Crippen molar-refractivity contribution < 1.29 is 9.18 Å². The second-order valence-corrected chi connectivity index (χ2v) is 8.09. The second kappa shape index (κ2) is 7.19. The van der Waals surface area contributed by atoms with Gasteiger partial charge in [-0.2, -0.15) is 0 Å². The fourth-order valence-electron chi connectivity index (χ4n) is 4.21. The molecule has 29 heavy (non-hydrogen) atoms. The molecule has 1 aliphatic carbocycles. The molecule has 5 nitrogen and oxygen atoms in total. The van der Waals surface area contributed by atoms with Gasteiger partial charge in [-0.05, 0) is 55.7 Å². The molecule has 2 N–H and O–H groups in total. The van der Waals surface area contributed by atoms with Crippen LogP contribution in [0.3, 0.4) is 0 Å². The van der Waals surface area contributed by atoms with E-state index in [0.29, 0.717) is 16.6 Å². The van der Waals surface area contributed by atoms with Gasteiger partial charge in [0.1, 0.15) is 11.5 Å². The predicted octanol–water partition coefficient (Wildman–Crippen LogP) is 4.15. The maximum absolute atomic E-state index is 14.0. The number of fused-ring (bicyclic) bond motifs is 1. The van der Waals surface area contributed by atoms with Crippen molar-refractivity contribution in [1.29, 1.82) is 0 Å². The Morgan fingerprint density at radius 2 is 1.90 bits per heavy atom. The average Bonchev–Trinajstić information content (AvgIpc) is 3.48. The molecule has 2 fully saturated rings. The first kappa shape index (κ1) is 18.2. The van der Waals surface area contributed by atoms with Crippen LogP contribution in [0.2, 0.25) is 0 Å². The number of hydrogen-bond acceptors (Lipinski definition) is 3. The maximum atomic E-state index is 14.0. The first-order valence-corrected chi connectivity index (χ1v) is 10.3. The largest absolute Gasteiger partial charge is 0.369 e. The Labute approximate surface area is 169 Å². The molecular weight excluding hydrogens is 367 g/mol. The Kier molecular flexibility index (Phi) is 4.51. The summed E-state index contributed by atoms with van der Waals surface area (Å²) in [5.41, 5.74) is 3.80. The standard InChI is InChI=1S/C23H25FN4O/c1-15-5-8-20(24)19-14-21(26-22(15)19)23(29)25-16-3-2-4-18(13-16)28-11-9-27(10-12-28)17-6-7-17/h2-5,8,13-14,17,26H,6-7,9-12H2,1H3,(H,25,29). The lowest BCUT2D eigenvalue weighted by atomic mass is 10.1. The molecule has 1 aromatic heterocycles. The van der Waals surface area contributed by atoms with Crippen LogP contribution in [-0.2, 0) is 0 Å². The van der Waals surface area contributed by atoms with Crippen molar-refractivity contribution in [3.63, 3.8) is 0 Å². The van der Waals surface area contributed by atoms with Gasteiger partial charge in [0.25, 0.3) is 5.91 Å². The van der Waals surface area contributed by atoms with Crippen molar-refractivity contribution in [1.82, 2.24) is 9.88 Å². The van der Waals surface area contributed by atoms with Gasteiger partial charge in [-0.1, -0.05) is 12.1 Å². The highest BCUT2D eigenvalue weighted by Crippen LogP contribution is 2.29. The monoisotopic (exact) mass is 392 g/mol. The van der Waals surface area contributed by atoms with Gasteiger partial charge >= 0.3 is 0 Å². The van der Waals surface area contributed by atoms with Crippen LogP contribution in [0.15, 0.2) is 42.5 Å². The van der Waals surface area contributed by atoms with Crippen LogP contribution in [0, 0.1) is 12.7 Å². The van der Waals surface area contributed by atoms with Crippen LogP contribution in [0.25, 0.3) is 10.9 Å². The minimum absolute atomic E-state index is 0.268. The minimum atomic E-state index is -0.326. The van der Waals surface area contributed by atoms with Gasteiger partial charge in [0, 0.05) is 49.0 Å². The lowest BCUT2D eigenvalue weighted by Gasteiger charge is -2.36. The number of aryl methyl sites for hydroxylation is 1. The second-order valence-electron chi connectivity index (χ2n) is 8.09. The number of H-pyrrole nitrogens is 1. The fraction of sp³-hybridized carbons (Fsp3) is 0.348. The van der Waals surface area contributed by atoms with Crippen LogP contribution in [0.1, 0.15) is 28.9 Å². The number of carbonyl (C=O) groups is 1. The van der Waals surface area contributed by atoms with E-state index in [1.807, 2.05) is 25.1 Å². The van der Waals surface area contributed by atoms with Gasteiger partial charge in [0.15, 0.2) is 0 Å². The van der Waals surface area contributed by atoms with Crippen LogP contribution in [0.4, 0.5) is 15.8 Å². The van der Waals surface area contributed by atoms with Gasteiger partial charge in [-0.3, -0.25) is 9.69 Å². The SMILES string of the molecule is Cc1ccc(F)c2cc(C(=O)Nc3cccc(N4CCN(C5CC5)CC4)c3)[nH]c12. The number of hydrogen-bond donors (Lipinski definition) is 2. The summed E-state index contributed by atoms with van der Waals surface area (Å²) in [4.78, 5) is 20.7. The number of amides is 1. The Bertz CT molecular complexity index is 1020. The van der Waals surface area contributed by atoms with Crippen molar-refractivity contribution in [3.05, 3.63) is 59.5 Å². The highest BCUT2D eigenvalue weighted by atomic mass is 19.1. The van der Waals surface area contributed by atoms with Gasteiger partial charge < -0.3 is 15.2 Å². The van der Waals surface area contributed by atoms with E-state index in [9.17, 15) is 9.18 Å². The van der Waals surface area contributed by atoms with E-state index in [4.69, 9.17) is 0 Å². The van der Waals surface area contributed by atoms with E-state index >= 15 is 0 Å². The van der Waals surface area contributed by atoms with E-state index in [-0.39, 0.29) is 11.7 Å². The quantitative estimate of drug-likeness (QED) is 0.701. The third-order valence-corrected chi connectivity index (χ3v) is 6.04. The molecule has 2 heterocycles. The first-order chi connectivity index (χ1) is 14.1. The van der Waals surface area contributed by atoms with Gasteiger partial charge in [-0.25, -0.2) is 4.39 Å². The summed E-state index contributed by atoms with van der Waals surface area (Å²) < 4.78 is 14.0. The predicted molar refractivity (Wildman–Crippen MR) is 114 cm³/mol. The van der Waals surface area contributed by atoms with E-state index in [2.05, 4.69) is 26.2 Å². The number of halogens is 1. The van der Waals surface area contributed by atoms with Gasteiger partial charge in [0.2, 0.25) is 0 Å². The fourth-order valence-corrected chi connectivity index (χ4v) is 4.21. The zero-order valence-electron chi connectivity index (χ0n) is 16.5. The normalized spacial score (nSPS) is 17.7. The zero-order valence-corrected chi connectivity index (χ0v) is 16.5. The van der Waals surface area contributed by atoms with E-state index < -0.39 is 0 Å². The summed E-state index contributed by atoms with van der Waals surface area (Å²) in [5, 5.41) is 3.39. The number of rotatable bonds is 4. The zero-order chi connectivity index (χ0) is 20.0. The Morgan fingerprint density at radius 1 is 1.10 bits per heavy atom. The molecule has 1 saturated heterocycles. The van der Waals surface area contributed by atoms with E-state index in [0.717, 1.165) is 49.2 Å². The van der Waals surface area contributed by atoms with Crippen molar-refractivity contribution >= 4 is 28.2 Å². The van der Waals surface area contributed by atoms with E-state index in [1.54, 1.807) is 12.1 Å². The third kappa shape index (κ3) is 3.60. The van der Waals surface area contributed by atoms with E-state index in [1.165, 1.54) is 18.9 Å². The van der Waals surface area contributed by atoms with Crippen molar-refractivity contribution in [2.24, 2.45) is 0 Å². The number of piperazine rings is 1. The molecule has 3 aromatic rings. The number of nitrogens with zero attached hydrogens (tertiary/aromatic N) is 2. The number of anilines is 2. The molecule has 0 radical (unpaired) electrons. The van der Waals surface area contributed by atoms with Crippen molar-refractivity contribution in [2.75, 3.05) is 36.4 Å². The molecule has 0 bridgehead atoms. The summed E-state index contributed by atoms with van der Waals surface area (Å²) in [6.07, 6.45) is 2.69. The third-order valence-electron chi connectivity index (χ3n) is 6.04. The van der Waals surface area contributed by atoms with Crippen LogP contribution >= 0.6 is 0 Å². The van der Waals surface area contributed by atoms with Crippen LogP contribution < -0.4 is 10.2 Å². The molecule has 6 heteroatoms. The average molecular weight is 392 g/mol. The van der Waals surface area contributed by atoms with Crippen LogP contribution in [0.5, 0.6) is 0 Å². The molecule has 0 atom stereocenters. The molecule has 0 spiro atoms. The number of aromatic amines is 1. The number of nitrogens with one attached hydrogen (secondary N) is 2. The highest BCUT2D eigenvalue weighted by Gasteiger charge is 2.31. The summed E-state index contributed by atoms with van der Waals surface area (Å²) in [6, 6.07) is 13.5. The Morgan fingerprint density at radius 3 is 2.62 bits per heavy atom. The maximum Gasteiger partial charge on any atom is 0.272 e. The summed E-state index contributed by atoms with van der Waals surface area (Å²) in [7, 11) is 0. The smallest absolute Gasteiger partial charge is 0.272 e. The van der Waals surface area contributed by atoms with Crippen molar-refractivity contribution in [3.8, 4) is 0 Å². The molecule has 5 rings (SSSR count). The molecule has 2 aliphatic rings. The molecule has 0 unspecified atom stereocenters.